The van der Waals surface area contributed by atoms with Gasteiger partial charge in [0.2, 0.25) is 0 Å². The summed E-state index contributed by atoms with van der Waals surface area (Å²) in [4.78, 5) is 4.77. The fraction of sp³-hybridized carbons (Fsp3) is 0.424. The molecule has 0 bridgehead atoms. The Kier molecular flexibility index (Phi) is 12.6. The molecule has 1 heterocycles. The van der Waals surface area contributed by atoms with E-state index in [2.05, 4.69) is 99.6 Å². The monoisotopic (exact) mass is 591 g/mol. The molecule has 0 saturated heterocycles. The first-order valence-electron chi connectivity index (χ1n) is 14.1. The molecule has 192 valence electrons. The van der Waals surface area contributed by atoms with E-state index >= 15 is 0 Å². The van der Waals surface area contributed by atoms with Crippen LogP contribution in [0.25, 0.3) is 5.76 Å². The number of pyridine rings is 1. The van der Waals surface area contributed by atoms with Gasteiger partial charge in [-0.05, 0) is 0 Å². The molecule has 36 heavy (non-hydrogen) atoms. The quantitative estimate of drug-likeness (QED) is 0.122. The summed E-state index contributed by atoms with van der Waals surface area (Å²) >= 11 is -2.87. The normalized spacial score (nSPS) is 12.2. The second-order valence-corrected chi connectivity index (χ2v) is 21.6. The van der Waals surface area contributed by atoms with Crippen LogP contribution in [-0.4, -0.2) is 23.8 Å². The Balaban J connectivity index is 2.00. The van der Waals surface area contributed by atoms with Crippen LogP contribution in [0.1, 0.15) is 88.5 Å². The molecular weight excluding hydrogens is 545 g/mol. The summed E-state index contributed by atoms with van der Waals surface area (Å²) in [6.07, 6.45) is 12.8. The van der Waals surface area contributed by atoms with E-state index in [-0.39, 0.29) is 0 Å². The zero-order chi connectivity index (χ0) is 25.5. The Bertz CT molecular complexity index is 942. The second-order valence-electron chi connectivity index (χ2n) is 9.99. The van der Waals surface area contributed by atoms with Crippen LogP contribution in [0, 0.1) is 0 Å². The van der Waals surface area contributed by atoms with E-state index < -0.39 is 18.8 Å². The van der Waals surface area contributed by atoms with E-state index in [0.29, 0.717) is 5.92 Å². The van der Waals surface area contributed by atoms with Crippen molar-refractivity contribution < 1.29 is 3.07 Å². The molecular formula is C33H45NOSn. The van der Waals surface area contributed by atoms with Gasteiger partial charge in [-0.25, -0.2) is 0 Å². The van der Waals surface area contributed by atoms with Crippen molar-refractivity contribution in [2.75, 3.05) is 0 Å². The molecule has 0 radical (unpaired) electrons. The van der Waals surface area contributed by atoms with Crippen LogP contribution in [0.15, 0.2) is 91.1 Å². The summed E-state index contributed by atoms with van der Waals surface area (Å²) in [5.74, 6) is 1.33. The first-order chi connectivity index (χ1) is 17.7. The van der Waals surface area contributed by atoms with Crippen LogP contribution in [-0.2, 0) is 3.07 Å². The van der Waals surface area contributed by atoms with Gasteiger partial charge in [0.15, 0.2) is 0 Å². The summed E-state index contributed by atoms with van der Waals surface area (Å²) in [6.45, 7) is 6.95. The first-order valence-corrected chi connectivity index (χ1v) is 21.3. The minimum absolute atomic E-state index is 0.293. The number of benzene rings is 2. The first kappa shape index (κ1) is 28.5. The predicted octanol–water partition coefficient (Wildman–Crippen LogP) is 10.0. The Hall–Kier alpha value is -2.07. The van der Waals surface area contributed by atoms with Gasteiger partial charge in [-0.15, -0.1) is 0 Å². The molecule has 0 spiro atoms. The Morgan fingerprint density at radius 2 is 1.22 bits per heavy atom. The molecule has 0 atom stereocenters. The standard InChI is InChI=1S/C21H19NO.3C4H9.Sn/c23-21(20-13-7-8-16-22-20)15-14-19(17-9-3-1-4-10-17)18-11-5-2-6-12-18;3*1-3-4-2;/h1-13,15-16,19,23H,14H2;3*1,3-4H2,2H3;/q;;;;+1/p-1. The fourth-order valence-corrected chi connectivity index (χ4v) is 18.5. The number of rotatable bonds is 16. The van der Waals surface area contributed by atoms with E-state index in [4.69, 9.17) is 8.06 Å². The topological polar surface area (TPSA) is 22.1 Å². The third kappa shape index (κ3) is 8.80. The van der Waals surface area contributed by atoms with Gasteiger partial charge >= 0.3 is 226 Å². The molecule has 0 amide bonds. The average Bonchev–Trinajstić information content (AvgIpc) is 2.94. The van der Waals surface area contributed by atoms with Crippen molar-refractivity contribution in [2.45, 2.75) is 84.9 Å². The van der Waals surface area contributed by atoms with E-state index in [1.165, 1.54) is 63.0 Å². The summed E-state index contributed by atoms with van der Waals surface area (Å²) in [7, 11) is 0. The zero-order valence-corrected chi connectivity index (χ0v) is 25.5. The van der Waals surface area contributed by atoms with Gasteiger partial charge in [0, 0.05) is 0 Å². The SMILES string of the molecule is CCC[CH2][Sn]([CH2]CCC)([CH2]CCC)[O]C(=CCC(c1ccccc1)c1ccccc1)c1ccccn1. The second kappa shape index (κ2) is 15.9. The van der Waals surface area contributed by atoms with Crippen LogP contribution in [0.5, 0.6) is 0 Å². The Morgan fingerprint density at radius 3 is 1.67 bits per heavy atom. The Labute approximate surface area is 224 Å². The number of unbranched alkanes of at least 4 members (excludes halogenated alkanes) is 3. The van der Waals surface area contributed by atoms with Crippen LogP contribution in [0.3, 0.4) is 0 Å². The number of allylic oxidation sites excluding steroid dienone is 1. The molecule has 0 unspecified atom stereocenters. The van der Waals surface area contributed by atoms with Gasteiger partial charge in [0.1, 0.15) is 0 Å². The maximum atomic E-state index is 7.36. The molecule has 1 aromatic heterocycles. The van der Waals surface area contributed by atoms with Crippen molar-refractivity contribution in [3.63, 3.8) is 0 Å². The van der Waals surface area contributed by atoms with Crippen LogP contribution < -0.4 is 0 Å². The third-order valence-corrected chi connectivity index (χ3v) is 19.8. The maximum absolute atomic E-state index is 7.36. The van der Waals surface area contributed by atoms with Crippen molar-refractivity contribution in [3.05, 3.63) is 108 Å². The van der Waals surface area contributed by atoms with Crippen molar-refractivity contribution in [1.29, 1.82) is 0 Å². The predicted molar refractivity (Wildman–Crippen MR) is 158 cm³/mol. The van der Waals surface area contributed by atoms with Crippen molar-refractivity contribution in [3.8, 4) is 0 Å². The molecule has 2 aromatic carbocycles. The molecule has 0 aliphatic carbocycles. The van der Waals surface area contributed by atoms with Gasteiger partial charge in [-0.3, -0.25) is 0 Å². The molecule has 0 aliphatic heterocycles. The van der Waals surface area contributed by atoms with Crippen LogP contribution in [0.2, 0.25) is 13.3 Å². The van der Waals surface area contributed by atoms with Crippen LogP contribution in [0.4, 0.5) is 0 Å². The zero-order valence-electron chi connectivity index (χ0n) is 22.7. The molecule has 3 rings (SSSR count). The summed E-state index contributed by atoms with van der Waals surface area (Å²) in [6, 6.07) is 28.0. The summed E-state index contributed by atoms with van der Waals surface area (Å²) in [5, 5.41) is 0. The van der Waals surface area contributed by atoms with E-state index in [1.807, 2.05) is 12.3 Å². The van der Waals surface area contributed by atoms with Crippen molar-refractivity contribution in [1.82, 2.24) is 4.98 Å². The molecule has 0 aliphatic rings. The number of nitrogens with zero attached hydrogens (tertiary/aromatic N) is 1. The molecule has 2 nitrogen and oxygen atoms in total. The number of hydrogen-bond donors (Lipinski definition) is 0. The van der Waals surface area contributed by atoms with Gasteiger partial charge in [-0.1, -0.05) is 0 Å². The van der Waals surface area contributed by atoms with Crippen LogP contribution >= 0.6 is 0 Å². The number of hydrogen-bond acceptors (Lipinski definition) is 2. The summed E-state index contributed by atoms with van der Waals surface area (Å²) in [5.41, 5.74) is 3.68. The third-order valence-electron chi connectivity index (χ3n) is 7.14. The summed E-state index contributed by atoms with van der Waals surface area (Å²) < 4.78 is 11.3. The average molecular weight is 590 g/mol. The Morgan fingerprint density at radius 1 is 0.722 bits per heavy atom. The molecule has 0 saturated carbocycles. The van der Waals surface area contributed by atoms with Gasteiger partial charge < -0.3 is 0 Å². The van der Waals surface area contributed by atoms with E-state index in [1.54, 1.807) is 0 Å². The minimum atomic E-state index is -2.87. The molecule has 0 N–H and O–H groups in total. The molecule has 3 heteroatoms. The van der Waals surface area contributed by atoms with E-state index in [9.17, 15) is 0 Å². The van der Waals surface area contributed by atoms with Crippen molar-refractivity contribution in [2.24, 2.45) is 0 Å². The number of aromatic nitrogens is 1. The molecule has 3 aromatic rings. The molecule has 0 fully saturated rings. The van der Waals surface area contributed by atoms with Crippen molar-refractivity contribution >= 4 is 24.6 Å². The van der Waals surface area contributed by atoms with Gasteiger partial charge in [0.05, 0.1) is 0 Å². The van der Waals surface area contributed by atoms with Gasteiger partial charge in [-0.2, -0.15) is 0 Å². The van der Waals surface area contributed by atoms with Gasteiger partial charge in [0.25, 0.3) is 0 Å². The van der Waals surface area contributed by atoms with E-state index in [0.717, 1.165) is 17.9 Å². The fourth-order valence-electron chi connectivity index (χ4n) is 5.03.